The van der Waals surface area contributed by atoms with E-state index in [-0.39, 0.29) is 40.6 Å². The van der Waals surface area contributed by atoms with E-state index < -0.39 is 0 Å². The van der Waals surface area contributed by atoms with Crippen molar-refractivity contribution in [2.75, 3.05) is 6.66 Å². The molecule has 0 N–H and O–H groups in total. The molecule has 0 aromatic rings. The summed E-state index contributed by atoms with van der Waals surface area (Å²) in [4.78, 5) is 0. The van der Waals surface area contributed by atoms with Gasteiger partial charge in [0.1, 0.15) is 0 Å². The molecule has 0 rings (SSSR count). The average Bonchev–Trinajstić information content (AvgIpc) is 1.00. The Balaban J connectivity index is -0.000000000500. The molecule has 3 heteroatoms. The summed E-state index contributed by atoms with van der Waals surface area (Å²) in [5.41, 5.74) is 0. The molecule has 0 aromatic carbocycles. The van der Waals surface area contributed by atoms with Crippen molar-refractivity contribution in [2.24, 2.45) is 0 Å². The van der Waals surface area contributed by atoms with E-state index >= 15 is 0 Å². The number of hydrogen-bond donors (Lipinski definition) is 0. The molecule has 7 heavy (non-hydrogen) atoms. The van der Waals surface area contributed by atoms with Gasteiger partial charge in [-0.25, -0.2) is 0 Å². The van der Waals surface area contributed by atoms with Gasteiger partial charge in [0.15, 0.2) is 0 Å². The fourth-order valence-electron chi connectivity index (χ4n) is 0. The molecule has 2 atom stereocenters. The van der Waals surface area contributed by atoms with Crippen LogP contribution >= 0.6 is 19.1 Å². The first-order chi connectivity index (χ1) is 1.00. The lowest BCUT2D eigenvalue weighted by atomic mass is 10.8. The highest BCUT2D eigenvalue weighted by Gasteiger charge is 0.906. The van der Waals surface area contributed by atoms with Gasteiger partial charge in [-0.15, -0.1) is 9.24 Å². The zero-order chi connectivity index (χ0) is 2.00. The van der Waals surface area contributed by atoms with Crippen LogP contribution in [0, 0.1) is 0 Å². The predicted molar refractivity (Wildman–Crippen MR) is 52.7 cm³/mol. The van der Waals surface area contributed by atoms with Crippen LogP contribution < -0.4 is 0 Å². The predicted octanol–water partition coefficient (Wildman–Crippen LogP) is 2.08. The van der Waals surface area contributed by atoms with Crippen molar-refractivity contribution in [3.8, 4) is 0 Å². The van der Waals surface area contributed by atoms with Crippen molar-refractivity contribution in [2.45, 2.75) is 22.3 Å². The third-order valence-corrected chi connectivity index (χ3v) is 0. The Labute approximate surface area is 57.3 Å². The summed E-state index contributed by atoms with van der Waals surface area (Å²) in [6.45, 7) is 1.92. The Hall–Kier alpha value is 0.925. The van der Waals surface area contributed by atoms with E-state index in [2.05, 4.69) is 9.24 Å². The maximum absolute atomic E-state index is 2.42. The van der Waals surface area contributed by atoms with Gasteiger partial charge in [0.2, 0.25) is 0 Å². The van der Waals surface area contributed by atoms with E-state index in [4.69, 9.17) is 0 Å². The molecule has 0 aromatic heterocycles. The Morgan fingerprint density at radius 3 is 0.857 bits per heavy atom. The van der Waals surface area contributed by atoms with Crippen LogP contribution in [-0.4, -0.2) is 15.1 Å². The normalized spacial score (nSPS) is 0.857. The van der Waals surface area contributed by atoms with Crippen molar-refractivity contribution in [1.82, 2.24) is 0 Å². The fraction of sp³-hybridized carbons (Fsp3) is 1.00. The number of hydrogen-bond acceptors (Lipinski definition) is 0. The highest BCUT2D eigenvalue weighted by molar-refractivity contribution is 7.15. The second kappa shape index (κ2) is 284. The quantitative estimate of drug-likeness (QED) is 0.357. The summed E-state index contributed by atoms with van der Waals surface area (Å²) in [5.74, 6) is 0. The van der Waals surface area contributed by atoms with Gasteiger partial charge in [-0.05, 0) is 0 Å². The first-order valence-electron chi connectivity index (χ1n) is 0.577. The molecule has 0 bridgehead atoms. The van der Waals surface area contributed by atoms with Crippen molar-refractivity contribution >= 4 is 27.6 Å². The van der Waals surface area contributed by atoms with Crippen LogP contribution in [0.15, 0.2) is 0 Å². The van der Waals surface area contributed by atoms with Gasteiger partial charge in [-0.1, -0.05) is 28.9 Å². The first kappa shape index (κ1) is 103. The van der Waals surface area contributed by atoms with Crippen LogP contribution in [0.4, 0.5) is 0 Å². The van der Waals surface area contributed by atoms with Crippen molar-refractivity contribution in [1.29, 1.82) is 0 Å². The van der Waals surface area contributed by atoms with E-state index in [0.29, 0.717) is 0 Å². The first-order valence-corrected chi connectivity index (χ1v) is 1.73. The third kappa shape index (κ3) is 196. The maximum atomic E-state index is 2.42. The smallest absolute Gasteiger partial charge is 0 e. The second-order valence-electron chi connectivity index (χ2n) is 0. The lowest BCUT2D eigenvalue weighted by Gasteiger charge is -1.10. The van der Waals surface area contributed by atoms with Crippen molar-refractivity contribution in [3.63, 3.8) is 0 Å². The summed E-state index contributed by atoms with van der Waals surface area (Å²) in [6, 6.07) is 0. The van der Waals surface area contributed by atoms with Crippen LogP contribution in [0.3, 0.4) is 0 Å². The summed E-state index contributed by atoms with van der Waals surface area (Å²) >= 11 is 0. The monoisotopic (exact) mass is 141 g/mol. The summed E-state index contributed by atoms with van der Waals surface area (Å²) in [6.07, 6.45) is 0. The van der Waals surface area contributed by atoms with Gasteiger partial charge in [0.25, 0.3) is 0 Å². The topological polar surface area (TPSA) is 0 Å². The zero-order valence-corrected chi connectivity index (χ0v) is 5.43. The minimum absolute atomic E-state index is 0. The lowest BCUT2D eigenvalue weighted by Crippen LogP contribution is -0.804. The summed E-state index contributed by atoms with van der Waals surface area (Å²) in [7, 11) is 2.42. The Bertz CT molecular complexity index is 9.65. The molecule has 0 fully saturated rings. The van der Waals surface area contributed by atoms with Crippen LogP contribution in [0.1, 0.15) is 22.3 Å². The van der Waals surface area contributed by atoms with Gasteiger partial charge in [-0.3, -0.25) is 0 Å². The third-order valence-electron chi connectivity index (χ3n) is 0. The van der Waals surface area contributed by atoms with Crippen LogP contribution in [-0.2, 0) is 0 Å². The number of rotatable bonds is 0. The summed E-state index contributed by atoms with van der Waals surface area (Å²) < 4.78 is 0. The molecule has 0 aliphatic heterocycles. The molecule has 0 spiro atoms. The largest absolute Gasteiger partial charge is 0.153 e. The molecule has 2 unspecified atom stereocenters. The fourth-order valence-corrected chi connectivity index (χ4v) is 0. The molecule has 0 nitrogen and oxygen atoms in total. The van der Waals surface area contributed by atoms with Crippen LogP contribution in [0.25, 0.3) is 0 Å². The Morgan fingerprint density at radius 2 is 0.857 bits per heavy atom. The van der Waals surface area contributed by atoms with Gasteiger partial charge in [0, 0.05) is 8.41 Å². The molecular formula is C4H20BP2. The highest BCUT2D eigenvalue weighted by atomic mass is 31.0. The molecule has 0 aliphatic rings. The minimum Gasteiger partial charge on any atom is -0.153 e. The maximum Gasteiger partial charge on any atom is 0 e. The van der Waals surface area contributed by atoms with Gasteiger partial charge in [-0.2, -0.15) is 9.90 Å². The van der Waals surface area contributed by atoms with E-state index in [1.807, 2.05) is 6.66 Å². The van der Waals surface area contributed by atoms with E-state index in [9.17, 15) is 0 Å². The lowest BCUT2D eigenvalue weighted by molar-refractivity contribution is 2.50. The van der Waals surface area contributed by atoms with E-state index in [1.54, 1.807) is 0 Å². The molecule has 0 saturated heterocycles. The van der Waals surface area contributed by atoms with E-state index in [1.165, 1.54) is 0 Å². The SMILES string of the molecule is C.C.C.CP.P.[B]. The van der Waals surface area contributed by atoms with Crippen molar-refractivity contribution < 1.29 is 0 Å². The molecule has 0 saturated carbocycles. The molecule has 3 radical (unpaired) electrons. The van der Waals surface area contributed by atoms with Crippen LogP contribution in [0.5, 0.6) is 0 Å². The molecule has 0 heterocycles. The second-order valence-corrected chi connectivity index (χ2v) is 0. The molecular weight excluding hydrogens is 121 g/mol. The standard InChI is InChI=1S/CH5P.3CH4.B.H3P/c1-2;;;;;/h2H2,1H3;3*1H4;;1H3. The van der Waals surface area contributed by atoms with Crippen LogP contribution in [0.2, 0.25) is 0 Å². The van der Waals surface area contributed by atoms with E-state index in [0.717, 1.165) is 0 Å². The van der Waals surface area contributed by atoms with Gasteiger partial charge in [0.05, 0.1) is 0 Å². The van der Waals surface area contributed by atoms with Gasteiger partial charge >= 0.3 is 0 Å². The van der Waals surface area contributed by atoms with Crippen molar-refractivity contribution in [3.05, 3.63) is 0 Å². The molecule has 0 amide bonds. The Kier molecular flexibility index (Phi) is 4160. The summed E-state index contributed by atoms with van der Waals surface area (Å²) in [5, 5.41) is 0. The molecule has 0 aliphatic carbocycles. The van der Waals surface area contributed by atoms with Gasteiger partial charge < -0.3 is 0 Å². The highest BCUT2D eigenvalue weighted by Crippen LogP contribution is 1.46. The minimum atomic E-state index is 0. The zero-order valence-electron chi connectivity index (χ0n) is 2.86. The Morgan fingerprint density at radius 1 is 0.857 bits per heavy atom. The molecule has 49 valence electrons. The average molecular weight is 141 g/mol.